The van der Waals surface area contributed by atoms with Crippen LogP contribution < -0.4 is 0 Å². The zero-order valence-corrected chi connectivity index (χ0v) is 16.6. The standard InChI is InChI=1S/C22H18ClN5O2/c23-19-9-7-18(8-10-19)21(14-27-16-24-15-26-27)30-22(29)11-6-17-12-25-28(13-17)20-4-2-1-3-5-20/h1-13,15-16,21H,14H2/b11-6+. The van der Waals surface area contributed by atoms with Crippen molar-refractivity contribution in [2.75, 3.05) is 0 Å². The molecule has 0 saturated carbocycles. The molecule has 0 aliphatic rings. The third-order valence-corrected chi connectivity index (χ3v) is 4.61. The molecule has 4 aromatic rings. The molecule has 0 amide bonds. The number of halogens is 1. The molecule has 150 valence electrons. The molecule has 0 aliphatic heterocycles. The van der Waals surface area contributed by atoms with Crippen LogP contribution in [0.15, 0.2) is 85.7 Å². The Labute approximate surface area is 178 Å². The molecule has 0 bridgehead atoms. The number of carbonyl (C=O) groups is 1. The molecule has 0 fully saturated rings. The van der Waals surface area contributed by atoms with E-state index in [9.17, 15) is 4.79 Å². The minimum absolute atomic E-state index is 0.340. The van der Waals surface area contributed by atoms with Gasteiger partial charge >= 0.3 is 5.97 Å². The second-order valence-electron chi connectivity index (χ2n) is 6.48. The highest BCUT2D eigenvalue weighted by molar-refractivity contribution is 6.30. The largest absolute Gasteiger partial charge is 0.452 e. The van der Waals surface area contributed by atoms with Gasteiger partial charge in [0.25, 0.3) is 0 Å². The molecule has 0 aliphatic carbocycles. The first-order chi connectivity index (χ1) is 14.7. The van der Waals surface area contributed by atoms with Crippen LogP contribution >= 0.6 is 11.6 Å². The van der Waals surface area contributed by atoms with E-state index in [1.807, 2.05) is 48.7 Å². The predicted molar refractivity (Wildman–Crippen MR) is 113 cm³/mol. The lowest BCUT2D eigenvalue weighted by Crippen LogP contribution is -2.16. The van der Waals surface area contributed by atoms with Gasteiger partial charge in [0.05, 0.1) is 18.4 Å². The molecule has 0 saturated heterocycles. The van der Waals surface area contributed by atoms with Gasteiger partial charge in [-0.2, -0.15) is 10.2 Å². The first-order valence-electron chi connectivity index (χ1n) is 9.24. The lowest BCUT2D eigenvalue weighted by molar-refractivity contribution is -0.144. The highest BCUT2D eigenvalue weighted by Crippen LogP contribution is 2.22. The summed E-state index contributed by atoms with van der Waals surface area (Å²) in [5.74, 6) is -0.470. The SMILES string of the molecule is O=C(/C=C/c1cnn(-c2ccccc2)c1)OC(Cn1cncn1)c1ccc(Cl)cc1. The van der Waals surface area contributed by atoms with E-state index >= 15 is 0 Å². The quantitative estimate of drug-likeness (QED) is 0.333. The zero-order chi connectivity index (χ0) is 20.8. The highest BCUT2D eigenvalue weighted by Gasteiger charge is 2.17. The number of esters is 1. The van der Waals surface area contributed by atoms with Gasteiger partial charge in [-0.3, -0.25) is 0 Å². The Balaban J connectivity index is 1.46. The lowest BCUT2D eigenvalue weighted by Gasteiger charge is -2.17. The maximum absolute atomic E-state index is 12.5. The Hall–Kier alpha value is -3.71. The summed E-state index contributed by atoms with van der Waals surface area (Å²) in [6.07, 6.45) is 9.05. The van der Waals surface area contributed by atoms with E-state index in [1.54, 1.807) is 40.1 Å². The van der Waals surface area contributed by atoms with Crippen molar-refractivity contribution >= 4 is 23.6 Å². The fourth-order valence-electron chi connectivity index (χ4n) is 2.87. The van der Waals surface area contributed by atoms with Gasteiger partial charge < -0.3 is 4.74 Å². The number of aromatic nitrogens is 5. The van der Waals surface area contributed by atoms with E-state index in [4.69, 9.17) is 16.3 Å². The maximum Gasteiger partial charge on any atom is 0.331 e. The first-order valence-corrected chi connectivity index (χ1v) is 9.62. The summed E-state index contributed by atoms with van der Waals surface area (Å²) in [5, 5.41) is 9.02. The van der Waals surface area contributed by atoms with Gasteiger partial charge in [-0.15, -0.1) is 0 Å². The third-order valence-electron chi connectivity index (χ3n) is 4.35. The van der Waals surface area contributed by atoms with Crippen molar-refractivity contribution in [3.8, 4) is 5.69 Å². The molecule has 2 heterocycles. The summed E-state index contributed by atoms with van der Waals surface area (Å²) >= 11 is 5.97. The van der Waals surface area contributed by atoms with Crippen LogP contribution in [0.25, 0.3) is 11.8 Å². The number of carbonyl (C=O) groups excluding carboxylic acids is 1. The van der Waals surface area contributed by atoms with Crippen molar-refractivity contribution < 1.29 is 9.53 Å². The van der Waals surface area contributed by atoms with E-state index in [-0.39, 0.29) is 0 Å². The molecular weight excluding hydrogens is 402 g/mol. The summed E-state index contributed by atoms with van der Waals surface area (Å²) in [6.45, 7) is 0.340. The second kappa shape index (κ2) is 9.19. The molecule has 1 atom stereocenters. The van der Waals surface area contributed by atoms with Crippen LogP contribution in [0.1, 0.15) is 17.2 Å². The van der Waals surface area contributed by atoms with E-state index in [0.29, 0.717) is 11.6 Å². The van der Waals surface area contributed by atoms with Gasteiger partial charge in [-0.25, -0.2) is 19.1 Å². The van der Waals surface area contributed by atoms with Crippen LogP contribution in [0.5, 0.6) is 0 Å². The number of hydrogen-bond acceptors (Lipinski definition) is 5. The lowest BCUT2D eigenvalue weighted by atomic mass is 10.1. The number of benzene rings is 2. The third kappa shape index (κ3) is 5.01. The summed E-state index contributed by atoms with van der Waals surface area (Å²) in [7, 11) is 0. The predicted octanol–water partition coefficient (Wildman–Crippen LogP) is 4.12. The van der Waals surface area contributed by atoms with Crippen molar-refractivity contribution in [1.29, 1.82) is 0 Å². The Bertz CT molecular complexity index is 1120. The molecule has 7 nitrogen and oxygen atoms in total. The monoisotopic (exact) mass is 419 g/mol. The van der Waals surface area contributed by atoms with Gasteiger partial charge in [0.2, 0.25) is 0 Å². The number of rotatable bonds is 7. The molecule has 4 rings (SSSR count). The van der Waals surface area contributed by atoms with Crippen LogP contribution in [0.2, 0.25) is 5.02 Å². The van der Waals surface area contributed by atoms with Crippen LogP contribution in [0.4, 0.5) is 0 Å². The van der Waals surface area contributed by atoms with Gasteiger partial charge in [-0.1, -0.05) is 41.9 Å². The summed E-state index contributed by atoms with van der Waals surface area (Å²) in [4.78, 5) is 16.4. The maximum atomic E-state index is 12.5. The first kappa shape index (κ1) is 19.6. The Kier molecular flexibility index (Phi) is 6.01. The van der Waals surface area contributed by atoms with Crippen LogP contribution in [-0.4, -0.2) is 30.5 Å². The van der Waals surface area contributed by atoms with E-state index in [1.165, 1.54) is 12.4 Å². The number of hydrogen-bond donors (Lipinski definition) is 0. The molecule has 2 aromatic carbocycles. The van der Waals surface area contributed by atoms with Gasteiger partial charge in [0.1, 0.15) is 18.8 Å². The normalized spacial score (nSPS) is 12.2. The van der Waals surface area contributed by atoms with Crippen molar-refractivity contribution in [3.63, 3.8) is 0 Å². The summed E-state index contributed by atoms with van der Waals surface area (Å²) in [6, 6.07) is 16.9. The number of nitrogens with zero attached hydrogens (tertiary/aromatic N) is 5. The molecule has 0 N–H and O–H groups in total. The Morgan fingerprint density at radius 1 is 1.10 bits per heavy atom. The fraction of sp³-hybridized carbons (Fsp3) is 0.0909. The van der Waals surface area contributed by atoms with Crippen LogP contribution in [-0.2, 0) is 16.1 Å². The smallest absolute Gasteiger partial charge is 0.331 e. The van der Waals surface area contributed by atoms with E-state index < -0.39 is 12.1 Å². The second-order valence-corrected chi connectivity index (χ2v) is 6.92. The van der Waals surface area contributed by atoms with Crippen molar-refractivity contribution in [1.82, 2.24) is 24.5 Å². The van der Waals surface area contributed by atoms with Crippen LogP contribution in [0, 0.1) is 0 Å². The number of ether oxygens (including phenoxy) is 1. The van der Waals surface area contributed by atoms with Gasteiger partial charge in [0, 0.05) is 22.9 Å². The average Bonchev–Trinajstić information content (AvgIpc) is 3.45. The topological polar surface area (TPSA) is 74.8 Å². The summed E-state index contributed by atoms with van der Waals surface area (Å²) < 4.78 is 9.03. The van der Waals surface area contributed by atoms with Crippen LogP contribution in [0.3, 0.4) is 0 Å². The van der Waals surface area contributed by atoms with Gasteiger partial charge in [0.15, 0.2) is 0 Å². The van der Waals surface area contributed by atoms with Gasteiger partial charge in [-0.05, 0) is 35.9 Å². The molecule has 0 radical (unpaired) electrons. The molecule has 2 aromatic heterocycles. The van der Waals surface area contributed by atoms with Crippen molar-refractivity contribution in [2.45, 2.75) is 12.6 Å². The minimum atomic E-state index is -0.534. The minimum Gasteiger partial charge on any atom is -0.452 e. The molecular formula is C22H18ClN5O2. The molecule has 0 spiro atoms. The highest BCUT2D eigenvalue weighted by atomic mass is 35.5. The Morgan fingerprint density at radius 3 is 2.63 bits per heavy atom. The fourth-order valence-corrected chi connectivity index (χ4v) is 3.00. The van der Waals surface area contributed by atoms with E-state index in [0.717, 1.165) is 16.8 Å². The Morgan fingerprint density at radius 2 is 1.90 bits per heavy atom. The van der Waals surface area contributed by atoms with Crippen molar-refractivity contribution in [3.05, 3.63) is 102 Å². The molecule has 1 unspecified atom stereocenters. The molecule has 30 heavy (non-hydrogen) atoms. The van der Waals surface area contributed by atoms with Crippen molar-refractivity contribution in [2.24, 2.45) is 0 Å². The molecule has 8 heteroatoms. The number of para-hydroxylation sites is 1. The average molecular weight is 420 g/mol. The van der Waals surface area contributed by atoms with E-state index in [2.05, 4.69) is 15.2 Å². The zero-order valence-electron chi connectivity index (χ0n) is 15.9. The summed E-state index contributed by atoms with van der Waals surface area (Å²) in [5.41, 5.74) is 2.54.